The van der Waals surface area contributed by atoms with E-state index in [1.54, 1.807) is 6.20 Å². The fraction of sp³-hybridized carbons (Fsp3) is 0.160. The third-order valence-electron chi connectivity index (χ3n) is 5.72. The van der Waals surface area contributed by atoms with Gasteiger partial charge in [0.1, 0.15) is 6.04 Å². The molecule has 2 unspecified atom stereocenters. The van der Waals surface area contributed by atoms with Gasteiger partial charge in [0.25, 0.3) is 0 Å². The highest BCUT2D eigenvalue weighted by molar-refractivity contribution is 7.80. The van der Waals surface area contributed by atoms with Crippen LogP contribution in [-0.4, -0.2) is 19.6 Å². The first kappa shape index (κ1) is 19.5. The van der Waals surface area contributed by atoms with Crippen LogP contribution in [0.15, 0.2) is 85.3 Å². The van der Waals surface area contributed by atoms with Gasteiger partial charge in [0.05, 0.1) is 23.6 Å². The predicted molar refractivity (Wildman–Crippen MR) is 127 cm³/mol. The van der Waals surface area contributed by atoms with E-state index in [1.165, 1.54) is 5.56 Å². The quantitative estimate of drug-likeness (QED) is 0.463. The average Bonchev–Trinajstić information content (AvgIpc) is 3.35. The number of rotatable bonds is 4. The molecule has 31 heavy (non-hydrogen) atoms. The van der Waals surface area contributed by atoms with Crippen molar-refractivity contribution in [3.05, 3.63) is 108 Å². The van der Waals surface area contributed by atoms with Gasteiger partial charge in [-0.3, -0.25) is 9.97 Å². The number of benzene rings is 1. The van der Waals surface area contributed by atoms with E-state index in [9.17, 15) is 0 Å². The Morgan fingerprint density at radius 2 is 1.71 bits per heavy atom. The summed E-state index contributed by atoms with van der Waals surface area (Å²) in [6, 6.07) is 22.7. The highest BCUT2D eigenvalue weighted by Gasteiger charge is 2.42. The van der Waals surface area contributed by atoms with Gasteiger partial charge in [-0.25, -0.2) is 0 Å². The summed E-state index contributed by atoms with van der Waals surface area (Å²) in [5.74, 6) is 0. The maximum atomic E-state index is 5.84. The zero-order valence-corrected chi connectivity index (χ0v) is 18.3. The van der Waals surface area contributed by atoms with Crippen LogP contribution in [0.3, 0.4) is 0 Å². The monoisotopic (exact) mass is 425 g/mol. The summed E-state index contributed by atoms with van der Waals surface area (Å²) in [7, 11) is 0. The Kier molecular flexibility index (Phi) is 5.00. The Bertz CT molecular complexity index is 1200. The number of nitrogens with one attached hydrogen (secondary N) is 1. The van der Waals surface area contributed by atoms with E-state index in [-0.39, 0.29) is 12.1 Å². The molecule has 1 aliphatic heterocycles. The number of hydrogen-bond acceptors (Lipinski definition) is 3. The first-order chi connectivity index (χ1) is 15.1. The van der Waals surface area contributed by atoms with Crippen molar-refractivity contribution in [1.29, 1.82) is 0 Å². The minimum atomic E-state index is -0.0836. The van der Waals surface area contributed by atoms with Gasteiger partial charge in [0.2, 0.25) is 0 Å². The average molecular weight is 426 g/mol. The lowest BCUT2D eigenvalue weighted by atomic mass is 10.0. The molecule has 0 amide bonds. The molecule has 0 spiro atoms. The molecule has 2 atom stereocenters. The van der Waals surface area contributed by atoms with Crippen molar-refractivity contribution in [2.75, 3.05) is 4.90 Å². The van der Waals surface area contributed by atoms with Crippen molar-refractivity contribution < 1.29 is 0 Å². The topological polar surface area (TPSA) is 46.0 Å². The minimum absolute atomic E-state index is 0.0704. The van der Waals surface area contributed by atoms with Crippen molar-refractivity contribution in [2.24, 2.45) is 0 Å². The van der Waals surface area contributed by atoms with Crippen LogP contribution in [0.1, 0.15) is 34.7 Å². The van der Waals surface area contributed by atoms with Gasteiger partial charge in [-0.15, -0.1) is 0 Å². The highest BCUT2D eigenvalue weighted by Crippen LogP contribution is 2.42. The third kappa shape index (κ3) is 3.49. The molecule has 4 aromatic rings. The van der Waals surface area contributed by atoms with Gasteiger partial charge in [-0.05, 0) is 74.6 Å². The van der Waals surface area contributed by atoms with Gasteiger partial charge in [0.15, 0.2) is 5.11 Å². The fourth-order valence-electron chi connectivity index (χ4n) is 4.27. The van der Waals surface area contributed by atoms with Gasteiger partial charge in [-0.2, -0.15) is 0 Å². The molecule has 0 bridgehead atoms. The maximum Gasteiger partial charge on any atom is 0.174 e. The van der Waals surface area contributed by atoms with Gasteiger partial charge >= 0.3 is 0 Å². The van der Waals surface area contributed by atoms with E-state index in [0.29, 0.717) is 5.11 Å². The number of aryl methyl sites for hydroxylation is 2. The van der Waals surface area contributed by atoms with Gasteiger partial charge in [0, 0.05) is 29.5 Å². The Morgan fingerprint density at radius 3 is 2.42 bits per heavy atom. The van der Waals surface area contributed by atoms with Crippen molar-refractivity contribution in [1.82, 2.24) is 19.9 Å². The molecule has 0 radical (unpaired) electrons. The van der Waals surface area contributed by atoms with Gasteiger partial charge in [-0.1, -0.05) is 23.8 Å². The lowest BCUT2D eigenvalue weighted by Gasteiger charge is -2.29. The lowest BCUT2D eigenvalue weighted by molar-refractivity contribution is 0.548. The van der Waals surface area contributed by atoms with E-state index in [1.807, 2.05) is 30.6 Å². The lowest BCUT2D eigenvalue weighted by Crippen LogP contribution is -2.30. The number of nitrogens with zero attached hydrogens (tertiary/aromatic N) is 4. The number of aromatic nitrogens is 3. The highest BCUT2D eigenvalue weighted by atomic mass is 32.1. The molecule has 1 aromatic carbocycles. The Balaban J connectivity index is 1.70. The summed E-state index contributed by atoms with van der Waals surface area (Å²) >= 11 is 5.84. The molecule has 1 fully saturated rings. The Hall–Kier alpha value is -3.51. The standard InChI is InChI=1S/C25H23N5S/c1-17-8-11-19(12-9-17)30-24(23(28-25(30)31)21-7-3-4-15-27-21)22-13-10-18(2)29(22)20-6-5-14-26-16-20/h3-16,23-24H,1-2H3,(H,28,31). The van der Waals surface area contributed by atoms with Crippen LogP contribution in [0.5, 0.6) is 0 Å². The largest absolute Gasteiger partial charge is 0.351 e. The third-order valence-corrected chi connectivity index (χ3v) is 6.04. The molecule has 1 saturated heterocycles. The summed E-state index contributed by atoms with van der Waals surface area (Å²) < 4.78 is 2.25. The number of thiocarbonyl (C=S) groups is 1. The first-order valence-corrected chi connectivity index (χ1v) is 10.7. The van der Waals surface area contributed by atoms with E-state index in [4.69, 9.17) is 12.2 Å². The van der Waals surface area contributed by atoms with Crippen molar-refractivity contribution in [3.8, 4) is 5.69 Å². The number of hydrogen-bond donors (Lipinski definition) is 1. The minimum Gasteiger partial charge on any atom is -0.351 e. The van der Waals surface area contributed by atoms with Crippen LogP contribution in [0.2, 0.25) is 0 Å². The summed E-state index contributed by atoms with van der Waals surface area (Å²) in [4.78, 5) is 11.2. The van der Waals surface area contributed by atoms with Crippen LogP contribution in [0, 0.1) is 13.8 Å². The number of anilines is 1. The first-order valence-electron chi connectivity index (χ1n) is 10.3. The smallest absolute Gasteiger partial charge is 0.174 e. The second-order valence-electron chi connectivity index (χ2n) is 7.78. The zero-order chi connectivity index (χ0) is 21.4. The molecule has 5 nitrogen and oxygen atoms in total. The van der Waals surface area contributed by atoms with E-state index >= 15 is 0 Å². The molecule has 154 valence electrons. The van der Waals surface area contributed by atoms with Crippen LogP contribution < -0.4 is 10.2 Å². The Labute approximate surface area is 187 Å². The van der Waals surface area contributed by atoms with Gasteiger partial charge < -0.3 is 14.8 Å². The molecular weight excluding hydrogens is 402 g/mol. The molecule has 4 heterocycles. The molecule has 1 N–H and O–H groups in total. The summed E-state index contributed by atoms with van der Waals surface area (Å²) in [6.07, 6.45) is 5.52. The molecule has 0 aliphatic carbocycles. The summed E-state index contributed by atoms with van der Waals surface area (Å²) in [5.41, 5.74) is 6.54. The van der Waals surface area contributed by atoms with E-state index < -0.39 is 0 Å². The molecule has 6 heteroatoms. The maximum absolute atomic E-state index is 5.84. The van der Waals surface area contributed by atoms with Crippen LogP contribution in [0.4, 0.5) is 5.69 Å². The molecule has 3 aromatic heterocycles. The fourth-order valence-corrected chi connectivity index (χ4v) is 4.61. The van der Waals surface area contributed by atoms with Crippen LogP contribution in [-0.2, 0) is 0 Å². The van der Waals surface area contributed by atoms with Crippen molar-refractivity contribution in [2.45, 2.75) is 25.9 Å². The summed E-state index contributed by atoms with van der Waals surface area (Å²) in [5, 5.41) is 4.23. The molecule has 1 aliphatic rings. The van der Waals surface area contributed by atoms with Crippen LogP contribution >= 0.6 is 12.2 Å². The van der Waals surface area contributed by atoms with Crippen molar-refractivity contribution in [3.63, 3.8) is 0 Å². The molecule has 5 rings (SSSR count). The second kappa shape index (κ2) is 7.96. The van der Waals surface area contributed by atoms with E-state index in [0.717, 1.165) is 28.5 Å². The predicted octanol–water partition coefficient (Wildman–Crippen LogP) is 5.06. The SMILES string of the molecule is Cc1ccc(N2C(=S)NC(c3ccccn3)C2c2ccc(C)n2-c2cccnc2)cc1. The Morgan fingerprint density at radius 1 is 0.871 bits per heavy atom. The van der Waals surface area contributed by atoms with E-state index in [2.05, 4.69) is 87.1 Å². The van der Waals surface area contributed by atoms with Crippen molar-refractivity contribution >= 4 is 23.0 Å². The van der Waals surface area contributed by atoms with Crippen LogP contribution in [0.25, 0.3) is 5.69 Å². The summed E-state index contributed by atoms with van der Waals surface area (Å²) in [6.45, 7) is 4.21. The molecular formula is C25H23N5S. The normalized spacial score (nSPS) is 18.3. The number of pyridine rings is 2. The zero-order valence-electron chi connectivity index (χ0n) is 17.4. The second-order valence-corrected chi connectivity index (χ2v) is 8.17. The molecule has 0 saturated carbocycles.